The molecule has 1 atom stereocenters. The van der Waals surface area contributed by atoms with E-state index in [2.05, 4.69) is 10.6 Å². The summed E-state index contributed by atoms with van der Waals surface area (Å²) >= 11 is 0. The van der Waals surface area contributed by atoms with Gasteiger partial charge >= 0.3 is 0 Å². The molecule has 0 aliphatic carbocycles. The number of furan rings is 1. The number of hydrogen-bond acceptors (Lipinski definition) is 4. The van der Waals surface area contributed by atoms with Crippen LogP contribution in [0.4, 0.5) is 5.69 Å². The van der Waals surface area contributed by atoms with Gasteiger partial charge in [-0.2, -0.15) is 0 Å². The fourth-order valence-electron chi connectivity index (χ4n) is 3.09. The average molecular weight is 369 g/mol. The molecule has 3 rings (SSSR count). The molecule has 1 aliphatic heterocycles. The molecule has 3 amide bonds. The molecule has 0 fully saturated rings. The maximum absolute atomic E-state index is 12.3. The van der Waals surface area contributed by atoms with Crippen molar-refractivity contribution in [3.8, 4) is 0 Å². The third kappa shape index (κ3) is 4.97. The zero-order valence-corrected chi connectivity index (χ0v) is 15.2. The normalized spacial score (nSPS) is 15.6. The predicted molar refractivity (Wildman–Crippen MR) is 99.7 cm³/mol. The lowest BCUT2D eigenvalue weighted by Crippen LogP contribution is -2.38. The number of likely N-dealkylation sites (N-methyl/N-ethyl adjacent to an activating group) is 1. The Morgan fingerprint density at radius 2 is 2.07 bits per heavy atom. The smallest absolute Gasteiger partial charge is 0.239 e. The van der Waals surface area contributed by atoms with Crippen LogP contribution in [0.1, 0.15) is 24.2 Å². The summed E-state index contributed by atoms with van der Waals surface area (Å²) in [6, 6.07) is 11.2. The quantitative estimate of drug-likeness (QED) is 0.780. The Balaban J connectivity index is 1.43. The summed E-state index contributed by atoms with van der Waals surface area (Å²) in [6.07, 6.45) is 2.85. The first kappa shape index (κ1) is 18.7. The van der Waals surface area contributed by atoms with Crippen LogP contribution in [0.2, 0.25) is 0 Å². The van der Waals surface area contributed by atoms with E-state index in [4.69, 9.17) is 4.42 Å². The molecule has 1 aliphatic rings. The summed E-state index contributed by atoms with van der Waals surface area (Å²) in [5, 5.41) is 5.59. The first-order valence-corrected chi connectivity index (χ1v) is 8.94. The maximum atomic E-state index is 12.3. The summed E-state index contributed by atoms with van der Waals surface area (Å²) in [7, 11) is 1.59. The highest BCUT2D eigenvalue weighted by Crippen LogP contribution is 2.27. The van der Waals surface area contributed by atoms with Crippen molar-refractivity contribution in [3.05, 3.63) is 54.0 Å². The van der Waals surface area contributed by atoms with E-state index in [0.29, 0.717) is 18.6 Å². The van der Waals surface area contributed by atoms with Crippen LogP contribution in [-0.4, -0.2) is 36.2 Å². The summed E-state index contributed by atoms with van der Waals surface area (Å²) < 4.78 is 5.14. The fourth-order valence-corrected chi connectivity index (χ4v) is 3.09. The lowest BCUT2D eigenvalue weighted by Gasteiger charge is -2.25. The standard InChI is InChI=1S/C20H23N3O4/c1-23(13-18(24)21-12-16-6-4-10-27-16)19(25)9-8-15-11-14-5-2-3-7-17(14)22-20(15)26/h2-7,10,15H,8-9,11-13H2,1H3,(H,21,24)(H,22,26). The Morgan fingerprint density at radius 1 is 1.26 bits per heavy atom. The molecular weight excluding hydrogens is 346 g/mol. The van der Waals surface area contributed by atoms with Crippen LogP contribution in [-0.2, 0) is 27.3 Å². The van der Waals surface area contributed by atoms with Crippen molar-refractivity contribution in [1.29, 1.82) is 0 Å². The molecule has 7 nitrogen and oxygen atoms in total. The number of carbonyl (C=O) groups excluding carboxylic acids is 3. The fraction of sp³-hybridized carbons (Fsp3) is 0.350. The van der Waals surface area contributed by atoms with E-state index in [1.807, 2.05) is 24.3 Å². The second-order valence-corrected chi connectivity index (χ2v) is 6.69. The van der Waals surface area contributed by atoms with Crippen molar-refractivity contribution in [3.63, 3.8) is 0 Å². The van der Waals surface area contributed by atoms with Crippen LogP contribution < -0.4 is 10.6 Å². The first-order chi connectivity index (χ1) is 13.0. The topological polar surface area (TPSA) is 91.7 Å². The number of fused-ring (bicyclic) bond motifs is 1. The summed E-state index contributed by atoms with van der Waals surface area (Å²) in [4.78, 5) is 37.8. The van der Waals surface area contributed by atoms with Crippen molar-refractivity contribution < 1.29 is 18.8 Å². The van der Waals surface area contributed by atoms with Gasteiger partial charge in [0.1, 0.15) is 5.76 Å². The third-order valence-corrected chi connectivity index (χ3v) is 4.67. The number of benzene rings is 1. The van der Waals surface area contributed by atoms with Crippen molar-refractivity contribution in [2.45, 2.75) is 25.8 Å². The minimum Gasteiger partial charge on any atom is -0.467 e. The van der Waals surface area contributed by atoms with Gasteiger partial charge in [-0.25, -0.2) is 0 Å². The van der Waals surface area contributed by atoms with Gasteiger partial charge in [-0.05, 0) is 36.6 Å². The minimum absolute atomic E-state index is 0.0285. The van der Waals surface area contributed by atoms with Gasteiger partial charge in [-0.1, -0.05) is 18.2 Å². The highest BCUT2D eigenvalue weighted by molar-refractivity contribution is 5.96. The highest BCUT2D eigenvalue weighted by atomic mass is 16.3. The Labute approximate surface area is 157 Å². The van der Waals surface area contributed by atoms with Gasteiger partial charge in [0, 0.05) is 25.1 Å². The second kappa shape index (κ2) is 8.53. The van der Waals surface area contributed by atoms with Gasteiger partial charge in [-0.3, -0.25) is 14.4 Å². The van der Waals surface area contributed by atoms with E-state index in [-0.39, 0.29) is 43.1 Å². The number of amides is 3. The molecule has 1 unspecified atom stereocenters. The molecule has 0 bridgehead atoms. The van der Waals surface area contributed by atoms with Gasteiger partial charge in [0.25, 0.3) is 0 Å². The zero-order chi connectivity index (χ0) is 19.2. The molecule has 27 heavy (non-hydrogen) atoms. The van der Waals surface area contributed by atoms with Crippen LogP contribution in [0.25, 0.3) is 0 Å². The van der Waals surface area contributed by atoms with Crippen LogP contribution >= 0.6 is 0 Å². The zero-order valence-electron chi connectivity index (χ0n) is 15.2. The van der Waals surface area contributed by atoms with Crippen molar-refractivity contribution >= 4 is 23.4 Å². The summed E-state index contributed by atoms with van der Waals surface area (Å²) in [5.74, 6) is -0.0484. The monoisotopic (exact) mass is 369 g/mol. The predicted octanol–water partition coefficient (Wildman–Crippen LogP) is 1.95. The molecule has 0 spiro atoms. The van der Waals surface area contributed by atoms with Gasteiger partial charge in [0.05, 0.1) is 19.4 Å². The molecule has 0 saturated carbocycles. The molecule has 1 aromatic carbocycles. The number of rotatable bonds is 7. The van der Waals surface area contributed by atoms with E-state index in [1.54, 1.807) is 19.2 Å². The molecule has 0 radical (unpaired) electrons. The molecule has 2 heterocycles. The van der Waals surface area contributed by atoms with Gasteiger partial charge in [-0.15, -0.1) is 0 Å². The van der Waals surface area contributed by atoms with Crippen molar-refractivity contribution in [2.75, 3.05) is 18.9 Å². The number of nitrogens with zero attached hydrogens (tertiary/aromatic N) is 1. The van der Waals surface area contributed by atoms with Gasteiger partial charge < -0.3 is 20.0 Å². The Bertz CT molecular complexity index is 816. The minimum atomic E-state index is -0.258. The highest BCUT2D eigenvalue weighted by Gasteiger charge is 2.26. The van der Waals surface area contributed by atoms with E-state index < -0.39 is 0 Å². The summed E-state index contributed by atoms with van der Waals surface area (Å²) in [6.45, 7) is 0.259. The molecule has 7 heteroatoms. The molecule has 142 valence electrons. The van der Waals surface area contributed by atoms with E-state index in [1.165, 1.54) is 11.2 Å². The van der Waals surface area contributed by atoms with E-state index in [0.717, 1.165) is 11.3 Å². The van der Waals surface area contributed by atoms with Crippen LogP contribution in [0.3, 0.4) is 0 Å². The van der Waals surface area contributed by atoms with Crippen molar-refractivity contribution in [1.82, 2.24) is 10.2 Å². The second-order valence-electron chi connectivity index (χ2n) is 6.69. The van der Waals surface area contributed by atoms with Crippen LogP contribution in [0, 0.1) is 5.92 Å². The molecule has 2 aromatic rings. The number of anilines is 1. The summed E-state index contributed by atoms with van der Waals surface area (Å²) in [5.41, 5.74) is 1.93. The van der Waals surface area contributed by atoms with Crippen LogP contribution in [0.5, 0.6) is 0 Å². The lowest BCUT2D eigenvalue weighted by atomic mass is 9.89. The van der Waals surface area contributed by atoms with Gasteiger partial charge in [0.15, 0.2) is 0 Å². The number of hydrogen-bond donors (Lipinski definition) is 2. The third-order valence-electron chi connectivity index (χ3n) is 4.67. The van der Waals surface area contributed by atoms with E-state index in [9.17, 15) is 14.4 Å². The van der Waals surface area contributed by atoms with Crippen LogP contribution in [0.15, 0.2) is 47.1 Å². The van der Waals surface area contributed by atoms with Gasteiger partial charge in [0.2, 0.25) is 17.7 Å². The average Bonchev–Trinajstić information content (AvgIpc) is 3.18. The van der Waals surface area contributed by atoms with E-state index >= 15 is 0 Å². The number of para-hydroxylation sites is 1. The molecule has 2 N–H and O–H groups in total. The lowest BCUT2D eigenvalue weighted by molar-refractivity contribution is -0.135. The number of nitrogens with one attached hydrogen (secondary N) is 2. The first-order valence-electron chi connectivity index (χ1n) is 8.94. The Kier molecular flexibility index (Phi) is 5.90. The largest absolute Gasteiger partial charge is 0.467 e. The molecular formula is C20H23N3O4. The maximum Gasteiger partial charge on any atom is 0.239 e. The number of carbonyl (C=O) groups is 3. The SMILES string of the molecule is CN(CC(=O)NCc1ccco1)C(=O)CCC1Cc2ccccc2NC1=O. The molecule has 0 saturated heterocycles. The molecule has 1 aromatic heterocycles. The van der Waals surface area contributed by atoms with Crippen molar-refractivity contribution in [2.24, 2.45) is 5.92 Å². The Morgan fingerprint density at radius 3 is 2.85 bits per heavy atom. The Hall–Kier alpha value is -3.09.